The number of hydrogen-bond donors (Lipinski definition) is 1. The van der Waals surface area contributed by atoms with E-state index in [0.29, 0.717) is 12.3 Å². The van der Waals surface area contributed by atoms with Crippen LogP contribution >= 0.6 is 0 Å². The first-order valence-electron chi connectivity index (χ1n) is 5.53. The summed E-state index contributed by atoms with van der Waals surface area (Å²) in [6.07, 6.45) is 3.45. The van der Waals surface area contributed by atoms with E-state index in [1.807, 2.05) is 0 Å². The van der Waals surface area contributed by atoms with Crippen molar-refractivity contribution in [3.8, 4) is 0 Å². The van der Waals surface area contributed by atoms with E-state index < -0.39 is 0 Å². The minimum absolute atomic E-state index is 0.133. The summed E-state index contributed by atoms with van der Waals surface area (Å²) in [6.45, 7) is 3.21. The van der Waals surface area contributed by atoms with Crippen LogP contribution in [-0.4, -0.2) is 40.6 Å². The topological polar surface area (TPSA) is 66.6 Å². The summed E-state index contributed by atoms with van der Waals surface area (Å²) in [5, 5.41) is 9.09. The average Bonchev–Trinajstić information content (AvgIpc) is 2.75. The maximum atomic E-state index is 12.0. The monoisotopic (exact) mass is 224 g/mol. The zero-order valence-corrected chi connectivity index (χ0v) is 9.35. The molecule has 2 heterocycles. The number of oxazole rings is 1. The highest BCUT2D eigenvalue weighted by Crippen LogP contribution is 2.17. The smallest absolute Gasteiger partial charge is 0.309 e. The number of aromatic nitrogens is 1. The van der Waals surface area contributed by atoms with Crippen molar-refractivity contribution in [3.05, 3.63) is 17.8 Å². The van der Waals surface area contributed by atoms with Crippen LogP contribution in [0, 0.1) is 12.8 Å². The molecule has 1 aliphatic heterocycles. The van der Waals surface area contributed by atoms with Gasteiger partial charge in [0.05, 0.1) is 6.20 Å². The number of carbonyl (C=O) groups excluding carboxylic acids is 1. The van der Waals surface area contributed by atoms with Crippen molar-refractivity contribution >= 4 is 5.91 Å². The highest BCUT2D eigenvalue weighted by atomic mass is 16.4. The average molecular weight is 224 g/mol. The van der Waals surface area contributed by atoms with Gasteiger partial charge in [-0.05, 0) is 25.7 Å². The number of carbonyl (C=O) groups is 1. The Balaban J connectivity index is 2.04. The van der Waals surface area contributed by atoms with Crippen LogP contribution in [0.1, 0.15) is 29.3 Å². The molecule has 2 rings (SSSR count). The first kappa shape index (κ1) is 11.1. The third-order valence-corrected chi connectivity index (χ3v) is 2.87. The second kappa shape index (κ2) is 4.65. The van der Waals surface area contributed by atoms with Gasteiger partial charge >= 0.3 is 5.91 Å². The maximum Gasteiger partial charge on any atom is 0.309 e. The SMILES string of the molecule is Cc1cnc(C(=O)N2CCCC(CO)C2)o1. The van der Waals surface area contributed by atoms with E-state index in [4.69, 9.17) is 9.52 Å². The van der Waals surface area contributed by atoms with Gasteiger partial charge in [-0.2, -0.15) is 0 Å². The van der Waals surface area contributed by atoms with Gasteiger partial charge in [-0.25, -0.2) is 4.98 Å². The number of amides is 1. The fourth-order valence-electron chi connectivity index (χ4n) is 1.99. The van der Waals surface area contributed by atoms with E-state index in [1.54, 1.807) is 18.0 Å². The van der Waals surface area contributed by atoms with Crippen molar-refractivity contribution in [1.82, 2.24) is 9.88 Å². The predicted molar refractivity (Wildman–Crippen MR) is 57.0 cm³/mol. The molecule has 0 saturated carbocycles. The summed E-state index contributed by atoms with van der Waals surface area (Å²) in [4.78, 5) is 17.6. The second-order valence-corrected chi connectivity index (χ2v) is 4.22. The van der Waals surface area contributed by atoms with E-state index in [-0.39, 0.29) is 24.3 Å². The van der Waals surface area contributed by atoms with E-state index >= 15 is 0 Å². The molecule has 1 fully saturated rings. The first-order valence-corrected chi connectivity index (χ1v) is 5.53. The van der Waals surface area contributed by atoms with Crippen molar-refractivity contribution < 1.29 is 14.3 Å². The van der Waals surface area contributed by atoms with E-state index in [0.717, 1.165) is 19.4 Å². The van der Waals surface area contributed by atoms with E-state index in [9.17, 15) is 4.79 Å². The molecule has 0 aromatic carbocycles. The molecule has 1 atom stereocenters. The summed E-state index contributed by atoms with van der Waals surface area (Å²) in [7, 11) is 0. The lowest BCUT2D eigenvalue weighted by Gasteiger charge is -2.30. The van der Waals surface area contributed by atoms with Gasteiger partial charge in [0, 0.05) is 19.7 Å². The molecule has 0 spiro atoms. The van der Waals surface area contributed by atoms with Gasteiger partial charge in [-0.1, -0.05) is 0 Å². The van der Waals surface area contributed by atoms with Gasteiger partial charge in [0.25, 0.3) is 5.89 Å². The summed E-state index contributed by atoms with van der Waals surface area (Å²) >= 11 is 0. The van der Waals surface area contributed by atoms with E-state index in [1.165, 1.54) is 0 Å². The molecule has 1 saturated heterocycles. The second-order valence-electron chi connectivity index (χ2n) is 4.22. The Morgan fingerprint density at radius 1 is 1.75 bits per heavy atom. The third kappa shape index (κ3) is 2.24. The van der Waals surface area contributed by atoms with Crippen LogP contribution in [0.4, 0.5) is 0 Å². The Morgan fingerprint density at radius 3 is 3.19 bits per heavy atom. The number of nitrogens with zero attached hydrogens (tertiary/aromatic N) is 2. The highest BCUT2D eigenvalue weighted by Gasteiger charge is 2.26. The molecule has 0 radical (unpaired) electrons. The van der Waals surface area contributed by atoms with Gasteiger partial charge in [-0.3, -0.25) is 4.79 Å². The lowest BCUT2D eigenvalue weighted by Crippen LogP contribution is -2.41. The summed E-state index contributed by atoms with van der Waals surface area (Å²) in [6, 6.07) is 0. The van der Waals surface area contributed by atoms with Gasteiger partial charge in [0.15, 0.2) is 0 Å². The van der Waals surface area contributed by atoms with Crippen molar-refractivity contribution in [2.75, 3.05) is 19.7 Å². The van der Waals surface area contributed by atoms with E-state index in [2.05, 4.69) is 4.98 Å². The van der Waals surface area contributed by atoms with Crippen molar-refractivity contribution in [2.45, 2.75) is 19.8 Å². The molecule has 0 aliphatic carbocycles. The van der Waals surface area contributed by atoms with Crippen LogP contribution in [-0.2, 0) is 0 Å². The largest absolute Gasteiger partial charge is 0.438 e. The maximum absolute atomic E-state index is 12.0. The molecule has 1 aromatic heterocycles. The normalized spacial score (nSPS) is 21.1. The Kier molecular flexibility index (Phi) is 3.24. The Hall–Kier alpha value is -1.36. The minimum atomic E-state index is -0.175. The van der Waals surface area contributed by atoms with Gasteiger partial charge in [0.1, 0.15) is 5.76 Å². The van der Waals surface area contributed by atoms with Crippen molar-refractivity contribution in [3.63, 3.8) is 0 Å². The standard InChI is InChI=1S/C11H16N2O3/c1-8-5-12-10(16-8)11(15)13-4-2-3-9(6-13)7-14/h5,9,14H,2-4,6-7H2,1H3. The van der Waals surface area contributed by atoms with Gasteiger partial charge in [0.2, 0.25) is 0 Å². The molecule has 5 heteroatoms. The van der Waals surface area contributed by atoms with Crippen LogP contribution in [0.2, 0.25) is 0 Å². The van der Waals surface area contributed by atoms with Crippen LogP contribution in [0.3, 0.4) is 0 Å². The van der Waals surface area contributed by atoms with Crippen molar-refractivity contribution in [2.24, 2.45) is 5.92 Å². The zero-order chi connectivity index (χ0) is 11.5. The number of aliphatic hydroxyl groups is 1. The van der Waals surface area contributed by atoms with Crippen LogP contribution < -0.4 is 0 Å². The predicted octanol–water partition coefficient (Wildman–Crippen LogP) is 0.828. The Labute approximate surface area is 94.1 Å². The molecule has 0 bridgehead atoms. The summed E-state index contributed by atoms with van der Waals surface area (Å²) < 4.78 is 5.20. The van der Waals surface area contributed by atoms with Crippen LogP contribution in [0.5, 0.6) is 0 Å². The highest BCUT2D eigenvalue weighted by molar-refractivity contribution is 5.89. The molecule has 1 aromatic rings. The Bertz CT molecular complexity index is 375. The van der Waals surface area contributed by atoms with Crippen molar-refractivity contribution in [1.29, 1.82) is 0 Å². The number of aliphatic hydroxyl groups excluding tert-OH is 1. The number of piperidine rings is 1. The summed E-state index contributed by atoms with van der Waals surface area (Å²) in [5.74, 6) is 0.801. The number of aryl methyl sites for hydroxylation is 1. The lowest BCUT2D eigenvalue weighted by atomic mass is 9.99. The number of likely N-dealkylation sites (tertiary alicyclic amines) is 1. The zero-order valence-electron chi connectivity index (χ0n) is 9.35. The van der Waals surface area contributed by atoms with Crippen LogP contribution in [0.25, 0.3) is 0 Å². The molecule has 88 valence electrons. The molecule has 5 nitrogen and oxygen atoms in total. The lowest BCUT2D eigenvalue weighted by molar-refractivity contribution is 0.0581. The molecule has 1 amide bonds. The molecular weight excluding hydrogens is 208 g/mol. The molecule has 16 heavy (non-hydrogen) atoms. The number of hydrogen-bond acceptors (Lipinski definition) is 4. The number of rotatable bonds is 2. The quantitative estimate of drug-likeness (QED) is 0.808. The van der Waals surface area contributed by atoms with Gasteiger partial charge in [-0.15, -0.1) is 0 Å². The molecule has 1 unspecified atom stereocenters. The Morgan fingerprint density at radius 2 is 2.56 bits per heavy atom. The first-order chi connectivity index (χ1) is 7.70. The third-order valence-electron chi connectivity index (χ3n) is 2.87. The fourth-order valence-corrected chi connectivity index (χ4v) is 1.99. The van der Waals surface area contributed by atoms with Gasteiger partial charge < -0.3 is 14.4 Å². The van der Waals surface area contributed by atoms with Crippen LogP contribution in [0.15, 0.2) is 10.6 Å². The summed E-state index contributed by atoms with van der Waals surface area (Å²) in [5.41, 5.74) is 0. The minimum Gasteiger partial charge on any atom is -0.438 e. The molecule has 1 N–H and O–H groups in total. The molecular formula is C11H16N2O3. The fraction of sp³-hybridized carbons (Fsp3) is 0.636. The molecule has 1 aliphatic rings.